The van der Waals surface area contributed by atoms with Gasteiger partial charge in [0.25, 0.3) is 0 Å². The molecule has 3 rings (SSSR count). The zero-order chi connectivity index (χ0) is 15.4. The molecule has 0 saturated carbocycles. The van der Waals surface area contributed by atoms with E-state index in [1.54, 1.807) is 0 Å². The zero-order valence-corrected chi connectivity index (χ0v) is 12.6. The Morgan fingerprint density at radius 1 is 1.05 bits per heavy atom. The third kappa shape index (κ3) is 3.32. The fraction of sp³-hybridized carbons (Fsp3) is 0.0588. The predicted octanol–water partition coefficient (Wildman–Crippen LogP) is 3.57. The molecule has 1 aromatic heterocycles. The maximum atomic E-state index is 12.2. The maximum Gasteiger partial charge on any atom is 0.229 e. The Morgan fingerprint density at radius 3 is 2.36 bits per heavy atom. The van der Waals surface area contributed by atoms with Crippen LogP contribution in [0.25, 0.3) is 11.3 Å². The van der Waals surface area contributed by atoms with E-state index in [1.165, 1.54) is 11.3 Å². The van der Waals surface area contributed by atoms with Crippen molar-refractivity contribution < 1.29 is 4.79 Å². The average Bonchev–Trinajstić information content (AvgIpc) is 2.89. The van der Waals surface area contributed by atoms with Gasteiger partial charge in [0, 0.05) is 16.1 Å². The molecule has 3 aromatic rings. The van der Waals surface area contributed by atoms with Gasteiger partial charge < -0.3 is 11.1 Å². The number of aromatic nitrogens is 1. The second kappa shape index (κ2) is 6.41. The van der Waals surface area contributed by atoms with Crippen LogP contribution in [-0.2, 0) is 11.2 Å². The van der Waals surface area contributed by atoms with Crippen molar-refractivity contribution in [1.82, 2.24) is 4.98 Å². The molecule has 5 heteroatoms. The van der Waals surface area contributed by atoms with Crippen molar-refractivity contribution in [2.24, 2.45) is 0 Å². The molecule has 110 valence electrons. The van der Waals surface area contributed by atoms with Crippen LogP contribution in [0.1, 0.15) is 4.88 Å². The van der Waals surface area contributed by atoms with Gasteiger partial charge in [-0.25, -0.2) is 4.98 Å². The Kier molecular flexibility index (Phi) is 4.16. The Balaban J connectivity index is 1.79. The van der Waals surface area contributed by atoms with Gasteiger partial charge in [-0.15, -0.1) is 11.3 Å². The Labute approximate surface area is 132 Å². The summed E-state index contributed by atoms with van der Waals surface area (Å²) in [5, 5.41) is 3.35. The Hall–Kier alpha value is -2.66. The molecule has 3 N–H and O–H groups in total. The molecule has 0 atom stereocenters. The van der Waals surface area contributed by atoms with E-state index >= 15 is 0 Å². The van der Waals surface area contributed by atoms with Crippen LogP contribution in [0.3, 0.4) is 0 Å². The van der Waals surface area contributed by atoms with Crippen LogP contribution in [-0.4, -0.2) is 10.9 Å². The number of para-hydroxylation sites is 1. The number of nitrogens with one attached hydrogen (secondary N) is 1. The zero-order valence-electron chi connectivity index (χ0n) is 11.8. The standard InChI is InChI=1S/C17H15N3OS/c18-17-20-16(12-7-3-1-4-8-12)14(22-17)11-15(21)19-13-9-5-2-6-10-13/h1-10H,11H2,(H2,18,20)(H,19,21). The van der Waals surface area contributed by atoms with E-state index in [4.69, 9.17) is 5.73 Å². The lowest BCUT2D eigenvalue weighted by molar-refractivity contribution is -0.115. The van der Waals surface area contributed by atoms with Crippen molar-refractivity contribution in [3.05, 3.63) is 65.5 Å². The van der Waals surface area contributed by atoms with Crippen molar-refractivity contribution in [2.45, 2.75) is 6.42 Å². The number of nitrogen functional groups attached to an aromatic ring is 1. The summed E-state index contributed by atoms with van der Waals surface area (Å²) in [7, 11) is 0. The lowest BCUT2D eigenvalue weighted by Crippen LogP contribution is -2.14. The molecule has 0 aliphatic carbocycles. The molecule has 22 heavy (non-hydrogen) atoms. The third-order valence-electron chi connectivity index (χ3n) is 3.14. The fourth-order valence-electron chi connectivity index (χ4n) is 2.18. The van der Waals surface area contributed by atoms with Crippen LogP contribution in [0.2, 0.25) is 0 Å². The van der Waals surface area contributed by atoms with Crippen LogP contribution >= 0.6 is 11.3 Å². The van der Waals surface area contributed by atoms with Crippen molar-refractivity contribution >= 4 is 28.1 Å². The second-order valence-corrected chi connectivity index (χ2v) is 5.90. The van der Waals surface area contributed by atoms with Gasteiger partial charge in [0.2, 0.25) is 5.91 Å². The van der Waals surface area contributed by atoms with Crippen molar-refractivity contribution in [3.8, 4) is 11.3 Å². The number of anilines is 2. The molecular formula is C17H15N3OS. The van der Waals surface area contributed by atoms with Crippen LogP contribution in [0.4, 0.5) is 10.8 Å². The number of nitrogens with two attached hydrogens (primary N) is 1. The Morgan fingerprint density at radius 2 is 1.68 bits per heavy atom. The van der Waals surface area contributed by atoms with Gasteiger partial charge in [0.15, 0.2) is 5.13 Å². The van der Waals surface area contributed by atoms with E-state index in [9.17, 15) is 4.79 Å². The summed E-state index contributed by atoms with van der Waals surface area (Å²) < 4.78 is 0. The smallest absolute Gasteiger partial charge is 0.229 e. The van der Waals surface area contributed by atoms with E-state index in [0.29, 0.717) is 5.13 Å². The topological polar surface area (TPSA) is 68.0 Å². The summed E-state index contributed by atoms with van der Waals surface area (Å²) in [6.45, 7) is 0. The minimum Gasteiger partial charge on any atom is -0.375 e. The highest BCUT2D eigenvalue weighted by molar-refractivity contribution is 7.15. The minimum absolute atomic E-state index is 0.0768. The minimum atomic E-state index is -0.0768. The first kappa shape index (κ1) is 14.3. The summed E-state index contributed by atoms with van der Waals surface area (Å²) in [6.07, 6.45) is 0.258. The number of thiazole rings is 1. The summed E-state index contributed by atoms with van der Waals surface area (Å²) in [5.74, 6) is -0.0768. The van der Waals surface area contributed by atoms with Crippen molar-refractivity contribution in [2.75, 3.05) is 11.1 Å². The quantitative estimate of drug-likeness (QED) is 0.774. The molecule has 0 saturated heterocycles. The molecule has 1 amide bonds. The predicted molar refractivity (Wildman–Crippen MR) is 90.7 cm³/mol. The lowest BCUT2D eigenvalue weighted by atomic mass is 10.1. The molecule has 0 spiro atoms. The number of rotatable bonds is 4. The van der Waals surface area contributed by atoms with Crippen LogP contribution in [0.15, 0.2) is 60.7 Å². The van der Waals surface area contributed by atoms with Gasteiger partial charge in [-0.2, -0.15) is 0 Å². The highest BCUT2D eigenvalue weighted by atomic mass is 32.1. The number of nitrogens with zero attached hydrogens (tertiary/aromatic N) is 1. The first-order valence-electron chi connectivity index (χ1n) is 6.88. The molecule has 0 radical (unpaired) electrons. The Bertz CT molecular complexity index is 769. The fourth-order valence-corrected chi connectivity index (χ4v) is 3.04. The molecule has 0 unspecified atom stereocenters. The van der Waals surface area contributed by atoms with E-state index in [-0.39, 0.29) is 12.3 Å². The number of benzene rings is 2. The molecule has 1 heterocycles. The van der Waals surface area contributed by atoms with Gasteiger partial charge in [-0.3, -0.25) is 4.79 Å². The second-order valence-electron chi connectivity index (χ2n) is 4.78. The maximum absolute atomic E-state index is 12.2. The van der Waals surface area contributed by atoms with Crippen molar-refractivity contribution in [3.63, 3.8) is 0 Å². The number of carbonyl (C=O) groups excluding carboxylic acids is 1. The number of amides is 1. The number of hydrogen-bond acceptors (Lipinski definition) is 4. The van der Waals surface area contributed by atoms with Gasteiger partial charge in [0.05, 0.1) is 12.1 Å². The molecule has 0 fully saturated rings. The van der Waals surface area contributed by atoms with Crippen LogP contribution in [0.5, 0.6) is 0 Å². The van der Waals surface area contributed by atoms with E-state index in [0.717, 1.165) is 21.8 Å². The monoisotopic (exact) mass is 309 g/mol. The van der Waals surface area contributed by atoms with Crippen molar-refractivity contribution in [1.29, 1.82) is 0 Å². The van der Waals surface area contributed by atoms with Crippen LogP contribution in [0, 0.1) is 0 Å². The van der Waals surface area contributed by atoms with E-state index < -0.39 is 0 Å². The van der Waals surface area contributed by atoms with E-state index in [2.05, 4.69) is 10.3 Å². The molecule has 2 aromatic carbocycles. The SMILES string of the molecule is Nc1nc(-c2ccccc2)c(CC(=O)Nc2ccccc2)s1. The highest BCUT2D eigenvalue weighted by Gasteiger charge is 2.15. The number of carbonyl (C=O) groups is 1. The van der Waals surface area contributed by atoms with Crippen LogP contribution < -0.4 is 11.1 Å². The average molecular weight is 309 g/mol. The van der Waals surface area contributed by atoms with Gasteiger partial charge in [0.1, 0.15) is 0 Å². The normalized spacial score (nSPS) is 10.4. The first-order chi connectivity index (χ1) is 10.7. The summed E-state index contributed by atoms with van der Waals surface area (Å²) >= 11 is 1.35. The first-order valence-corrected chi connectivity index (χ1v) is 7.69. The summed E-state index contributed by atoms with van der Waals surface area (Å²) in [6, 6.07) is 19.2. The van der Waals surface area contributed by atoms with Gasteiger partial charge in [-0.05, 0) is 12.1 Å². The molecule has 0 aliphatic rings. The third-order valence-corrected chi connectivity index (χ3v) is 4.02. The molecule has 4 nitrogen and oxygen atoms in total. The number of hydrogen-bond donors (Lipinski definition) is 2. The van der Waals surface area contributed by atoms with Gasteiger partial charge in [-0.1, -0.05) is 48.5 Å². The molecule has 0 aliphatic heterocycles. The lowest BCUT2D eigenvalue weighted by Gasteiger charge is -2.05. The summed E-state index contributed by atoms with van der Waals surface area (Å²) in [5.41, 5.74) is 8.36. The molecular weight excluding hydrogens is 294 g/mol. The summed E-state index contributed by atoms with van der Waals surface area (Å²) in [4.78, 5) is 17.4. The highest BCUT2D eigenvalue weighted by Crippen LogP contribution is 2.30. The van der Waals surface area contributed by atoms with E-state index in [1.807, 2.05) is 60.7 Å². The molecule has 0 bridgehead atoms. The largest absolute Gasteiger partial charge is 0.375 e. The van der Waals surface area contributed by atoms with Gasteiger partial charge >= 0.3 is 0 Å².